The molecule has 15 heavy (non-hydrogen) atoms. The summed E-state index contributed by atoms with van der Waals surface area (Å²) in [5.41, 5.74) is 0. The molecule has 0 amide bonds. The average molecular weight is 278 g/mol. The Kier molecular flexibility index (Phi) is 6.18. The maximum atomic E-state index is 11.7. The van der Waals surface area contributed by atoms with E-state index in [9.17, 15) is 26.3 Å². The summed E-state index contributed by atoms with van der Waals surface area (Å²) in [5, 5.41) is 0. The van der Waals surface area contributed by atoms with Gasteiger partial charge in [0, 0.05) is 39.5 Å². The van der Waals surface area contributed by atoms with Crippen LogP contribution in [0, 0.1) is 0 Å². The van der Waals surface area contributed by atoms with Gasteiger partial charge in [0.2, 0.25) is 0 Å². The Morgan fingerprint density at radius 2 is 1.40 bits per heavy atom. The third kappa shape index (κ3) is 12.2. The van der Waals surface area contributed by atoms with Crippen molar-refractivity contribution in [2.75, 3.05) is 0 Å². The highest BCUT2D eigenvalue weighted by molar-refractivity contribution is 7.34. The van der Waals surface area contributed by atoms with Crippen LogP contribution in [0.25, 0.3) is 0 Å². The molecule has 0 aliphatic rings. The van der Waals surface area contributed by atoms with Gasteiger partial charge in [-0.2, -0.15) is 26.3 Å². The van der Waals surface area contributed by atoms with Crippen molar-refractivity contribution in [1.82, 2.24) is 0 Å². The Morgan fingerprint density at radius 1 is 0.933 bits per heavy atom. The minimum atomic E-state index is -4.21. The molecule has 0 aliphatic heterocycles. The molecule has 0 aromatic carbocycles. The van der Waals surface area contributed by atoms with Crippen LogP contribution in [0.2, 0.25) is 12.1 Å². The first-order chi connectivity index (χ1) is 6.60. The third-order valence-electron chi connectivity index (χ3n) is 1.41. The average Bonchev–Trinajstić information content (AvgIpc) is 1.97. The summed E-state index contributed by atoms with van der Waals surface area (Å²) in [7, 11) is 1.63. The number of alkyl halides is 6. The fourth-order valence-corrected chi connectivity index (χ4v) is 5.82. The van der Waals surface area contributed by atoms with E-state index in [0.29, 0.717) is 0 Å². The molecular weight excluding hydrogens is 270 g/mol. The van der Waals surface area contributed by atoms with Crippen molar-refractivity contribution in [3.63, 3.8) is 0 Å². The Bertz CT molecular complexity index is 177. The lowest BCUT2D eigenvalue weighted by molar-refractivity contribution is -0.131. The molecule has 0 saturated heterocycles. The molecule has 0 N–H and O–H groups in total. The highest BCUT2D eigenvalue weighted by Gasteiger charge is 2.29. The molecule has 0 spiro atoms. The summed E-state index contributed by atoms with van der Waals surface area (Å²) in [6.07, 6.45) is -10.2. The molecule has 0 aromatic heterocycles. The van der Waals surface area contributed by atoms with E-state index < -0.39 is 33.0 Å². The van der Waals surface area contributed by atoms with Crippen molar-refractivity contribution in [2.45, 2.75) is 37.3 Å². The van der Waals surface area contributed by atoms with Crippen LogP contribution >= 0.6 is 0 Å². The maximum absolute atomic E-state index is 11.7. The van der Waals surface area contributed by atoms with Crippen LogP contribution in [0.5, 0.6) is 0 Å². The second-order valence-corrected chi connectivity index (χ2v) is 11.4. The minimum absolute atomic E-state index is 0.0391. The maximum Gasteiger partial charge on any atom is 0.388 e. The third-order valence-corrected chi connectivity index (χ3v) is 8.20. The van der Waals surface area contributed by atoms with Gasteiger partial charge in [-0.15, -0.1) is 0 Å². The van der Waals surface area contributed by atoms with Crippen molar-refractivity contribution < 1.29 is 26.3 Å². The van der Waals surface area contributed by atoms with Gasteiger partial charge in [0.25, 0.3) is 0 Å². The van der Waals surface area contributed by atoms with Crippen molar-refractivity contribution in [2.24, 2.45) is 0 Å². The second kappa shape index (κ2) is 6.09. The molecule has 9 heteroatoms. The van der Waals surface area contributed by atoms with E-state index in [0.717, 1.165) is 0 Å². The molecule has 0 nitrogen and oxygen atoms in total. The van der Waals surface area contributed by atoms with Gasteiger partial charge in [0.15, 0.2) is 0 Å². The minimum Gasteiger partial charge on any atom is -0.171 e. The van der Waals surface area contributed by atoms with E-state index in [1.165, 1.54) is 0 Å². The van der Waals surface area contributed by atoms with Crippen molar-refractivity contribution >= 4 is 26.6 Å². The van der Waals surface area contributed by atoms with Gasteiger partial charge in [0.05, 0.1) is 0 Å². The molecule has 0 fully saturated rings. The van der Waals surface area contributed by atoms with E-state index in [1.54, 1.807) is 0 Å². The van der Waals surface area contributed by atoms with Crippen LogP contribution in [0.3, 0.4) is 0 Å². The monoisotopic (exact) mass is 278 g/mol. The van der Waals surface area contributed by atoms with E-state index >= 15 is 0 Å². The summed E-state index contributed by atoms with van der Waals surface area (Å²) >= 11 is 0. The lowest BCUT2D eigenvalue weighted by atomic mass is 10.5. The quantitative estimate of drug-likeness (QED) is 0.536. The molecule has 0 aliphatic carbocycles. The molecule has 0 unspecified atom stereocenters. The molecule has 0 heterocycles. The van der Waals surface area contributed by atoms with E-state index in [1.807, 2.05) is 0 Å². The van der Waals surface area contributed by atoms with Gasteiger partial charge in [-0.3, -0.25) is 0 Å². The largest absolute Gasteiger partial charge is 0.388 e. The molecule has 0 atom stereocenters. The molecule has 0 aromatic rings. The molecule has 6 radical (unpaired) electrons. The SMILES string of the molecule is FC(F)(F)CC[Si][Si]([Si])CCC(F)(F)F. The zero-order chi connectivity index (χ0) is 12.1. The standard InChI is InChI=1S/C6H8F6Si3/c7-5(8,9)1-3-14-15(13)4-2-6(10,11)12/h1-4H2. The first kappa shape index (κ1) is 15.2. The Balaban J connectivity index is 3.54. The zero-order valence-corrected chi connectivity index (χ0v) is 10.6. The van der Waals surface area contributed by atoms with Gasteiger partial charge >= 0.3 is 12.4 Å². The summed E-state index contributed by atoms with van der Waals surface area (Å²) in [4.78, 5) is 0. The predicted molar refractivity (Wildman–Crippen MR) is 48.2 cm³/mol. The van der Waals surface area contributed by atoms with Gasteiger partial charge in [-0.1, -0.05) is 12.1 Å². The highest BCUT2D eigenvalue weighted by Crippen LogP contribution is 2.23. The summed E-state index contributed by atoms with van der Waals surface area (Å²) in [6.45, 7) is 0. The molecule has 0 saturated carbocycles. The zero-order valence-electron chi connectivity index (χ0n) is 7.60. The number of rotatable bonds is 5. The van der Waals surface area contributed by atoms with Gasteiger partial charge in [-0.25, -0.2) is 0 Å². The van der Waals surface area contributed by atoms with Crippen LogP contribution in [-0.2, 0) is 0 Å². The first-order valence-corrected chi connectivity index (χ1v) is 9.46. The van der Waals surface area contributed by atoms with Crippen LogP contribution in [0.15, 0.2) is 0 Å². The van der Waals surface area contributed by atoms with Crippen LogP contribution in [0.1, 0.15) is 12.8 Å². The topological polar surface area (TPSA) is 0 Å². The molecular formula is C6H8F6Si3. The van der Waals surface area contributed by atoms with Crippen molar-refractivity contribution in [1.29, 1.82) is 0 Å². The first-order valence-electron chi connectivity index (χ1n) is 4.05. The molecule has 86 valence electrons. The smallest absolute Gasteiger partial charge is 0.171 e. The number of halogens is 6. The van der Waals surface area contributed by atoms with E-state index in [-0.39, 0.29) is 21.1 Å². The Morgan fingerprint density at radius 3 is 1.80 bits per heavy atom. The van der Waals surface area contributed by atoms with Gasteiger partial charge < -0.3 is 0 Å². The Hall–Kier alpha value is 0.231. The van der Waals surface area contributed by atoms with E-state index in [4.69, 9.17) is 0 Å². The second-order valence-electron chi connectivity index (χ2n) is 2.89. The fourth-order valence-electron chi connectivity index (χ4n) is 0.710. The number of hydrogen-bond acceptors (Lipinski definition) is 0. The summed E-state index contributed by atoms with van der Waals surface area (Å²) < 4.78 is 70.3. The van der Waals surface area contributed by atoms with Crippen molar-refractivity contribution in [3.8, 4) is 0 Å². The van der Waals surface area contributed by atoms with Gasteiger partial charge in [0.1, 0.15) is 0 Å². The lowest BCUT2D eigenvalue weighted by Gasteiger charge is -2.11. The Labute approximate surface area is 90.9 Å². The fraction of sp³-hybridized carbons (Fsp3) is 1.00. The summed E-state index contributed by atoms with van der Waals surface area (Å²) in [5.74, 6) is 0. The highest BCUT2D eigenvalue weighted by atomic mass is 29.5. The van der Waals surface area contributed by atoms with Gasteiger partial charge in [-0.05, 0) is 0 Å². The van der Waals surface area contributed by atoms with Crippen molar-refractivity contribution in [3.05, 3.63) is 0 Å². The predicted octanol–water partition coefficient (Wildman–Crippen LogP) is 2.67. The van der Waals surface area contributed by atoms with Crippen LogP contribution < -0.4 is 0 Å². The van der Waals surface area contributed by atoms with Crippen LogP contribution in [-0.4, -0.2) is 39.0 Å². The number of hydrogen-bond donors (Lipinski definition) is 0. The normalized spacial score (nSPS) is 13.6. The van der Waals surface area contributed by atoms with Crippen LogP contribution in [0.4, 0.5) is 26.3 Å². The molecule has 0 rings (SSSR count). The molecule has 0 bridgehead atoms. The van der Waals surface area contributed by atoms with E-state index in [2.05, 4.69) is 9.76 Å². The lowest BCUT2D eigenvalue weighted by Crippen LogP contribution is -2.26. The summed E-state index contributed by atoms with van der Waals surface area (Å²) in [6, 6.07) is -0.138.